The Balaban J connectivity index is 2.93. The van der Waals surface area contributed by atoms with Crippen molar-refractivity contribution in [2.75, 3.05) is 13.2 Å². The number of ether oxygens (including phenoxy) is 3. The van der Waals surface area contributed by atoms with Gasteiger partial charge in [-0.2, -0.15) is 0 Å². The Morgan fingerprint density at radius 1 is 0.291 bits per heavy atom. The lowest BCUT2D eigenvalue weighted by molar-refractivity contribution is -0.344. The van der Waals surface area contributed by atoms with Gasteiger partial charge in [0.15, 0.2) is 79.1 Å². The van der Waals surface area contributed by atoms with Gasteiger partial charge < -0.3 is 49.6 Å². The molecule has 19 heteroatoms. The minimum atomic E-state index is -2.23. The molecule has 2 saturated heterocycles. The van der Waals surface area contributed by atoms with Crippen LogP contribution in [-0.2, 0) is 49.6 Å². The zero-order chi connectivity index (χ0) is 43.0. The van der Waals surface area contributed by atoms with Crippen LogP contribution < -0.4 is 0 Å². The van der Waals surface area contributed by atoms with Crippen LogP contribution in [-0.4, -0.2) is 141 Å². The molecule has 0 bridgehead atoms. The van der Waals surface area contributed by atoms with E-state index in [9.17, 15) is 0 Å². The van der Waals surface area contributed by atoms with E-state index in [1.807, 2.05) is 0 Å². The van der Waals surface area contributed by atoms with E-state index in [0.717, 1.165) is 0 Å². The van der Waals surface area contributed by atoms with Gasteiger partial charge >= 0.3 is 0 Å². The lowest BCUT2D eigenvalue weighted by Crippen LogP contribution is -2.70. The molecule has 0 aromatic carbocycles. The molecule has 0 amide bonds. The Labute approximate surface area is 346 Å². The highest BCUT2D eigenvalue weighted by Crippen LogP contribution is 2.39. The molecule has 4 unspecified atom stereocenters. The lowest BCUT2D eigenvalue weighted by atomic mass is 9.97. The van der Waals surface area contributed by atoms with Gasteiger partial charge in [0.2, 0.25) is 0 Å². The Kier molecular flexibility index (Phi) is 18.2. The molecule has 2 aliphatic heterocycles. The molecule has 2 rings (SSSR count). The molecule has 2 heterocycles. The van der Waals surface area contributed by atoms with Crippen molar-refractivity contribution in [2.24, 2.45) is 0 Å². The van der Waals surface area contributed by atoms with Gasteiger partial charge in [0.05, 0.1) is 13.2 Å². The fraction of sp³-hybridized carbons (Fsp3) is 1.00. The topological polar surface area (TPSA) is 102 Å². The maximum absolute atomic E-state index is 7.46. The molecule has 55 heavy (non-hydrogen) atoms. The largest absolute Gasteiger partial charge is 0.415 e. The van der Waals surface area contributed by atoms with Crippen LogP contribution in [0.15, 0.2) is 0 Å². The second-order valence-corrected chi connectivity index (χ2v) is 59.0. The van der Waals surface area contributed by atoms with Crippen LogP contribution >= 0.6 is 0 Å². The third kappa shape index (κ3) is 20.6. The molecule has 0 aromatic heterocycles. The number of hydrogen-bond acceptors (Lipinski definition) is 11. The monoisotopic (exact) mass is 918 g/mol. The van der Waals surface area contributed by atoms with E-state index < -0.39 is 128 Å². The zero-order valence-electron chi connectivity index (χ0n) is 39.7. The molecule has 2 fully saturated rings. The molecule has 0 radical (unpaired) electrons. The van der Waals surface area contributed by atoms with Crippen LogP contribution in [0.2, 0.25) is 157 Å². The molecule has 11 nitrogen and oxygen atoms in total. The van der Waals surface area contributed by atoms with Crippen molar-refractivity contribution < 1.29 is 49.6 Å². The predicted octanol–water partition coefficient (Wildman–Crippen LogP) is 9.48. The summed E-state index contributed by atoms with van der Waals surface area (Å²) >= 11 is 0. The van der Waals surface area contributed by atoms with Crippen molar-refractivity contribution in [1.82, 2.24) is 0 Å². The van der Waals surface area contributed by atoms with E-state index in [1.54, 1.807) is 0 Å². The smallest absolute Gasteiger partial charge is 0.187 e. The van der Waals surface area contributed by atoms with Crippen molar-refractivity contribution in [3.8, 4) is 0 Å². The summed E-state index contributed by atoms with van der Waals surface area (Å²) in [7, 11) is -17.0. The molecule has 10 atom stereocenters. The first-order chi connectivity index (χ1) is 24.2. The summed E-state index contributed by atoms with van der Waals surface area (Å²) < 4.78 is 77.4. The quantitative estimate of drug-likeness (QED) is 0.109. The van der Waals surface area contributed by atoms with E-state index >= 15 is 0 Å². The van der Waals surface area contributed by atoms with Crippen molar-refractivity contribution in [1.29, 1.82) is 0 Å². The van der Waals surface area contributed by atoms with E-state index in [0.29, 0.717) is 13.2 Å². The minimum Gasteiger partial charge on any atom is -0.415 e. The van der Waals surface area contributed by atoms with Crippen LogP contribution in [0.3, 0.4) is 0 Å². The maximum atomic E-state index is 7.46. The standard InChI is InChI=1S/C36H86O11Si8/c1-48(2,3)37-25-27-29(31(43-51(10,11)12)34(46-54(19,20)21)36(40-27)47-55(22,23)24)41-35-33(45-53(16,17)18)32(44-52(13,14)15)30(42-50(7,8)9)28(39-35)26-38-49(4,5)6/h27-36H,25-26H2,1-24H3/t27?,28?,29-,30-,31-,32-,33?,34?,35-,36+/m1/s1. The summed E-state index contributed by atoms with van der Waals surface area (Å²) in [6.07, 6.45) is -5.61. The van der Waals surface area contributed by atoms with Gasteiger partial charge in [-0.25, -0.2) is 0 Å². The molecular weight excluding hydrogens is 833 g/mol. The average Bonchev–Trinajstić information content (AvgIpc) is 2.88. The zero-order valence-corrected chi connectivity index (χ0v) is 47.7. The fourth-order valence-electron chi connectivity index (χ4n) is 6.26. The van der Waals surface area contributed by atoms with Crippen LogP contribution in [0.25, 0.3) is 0 Å². The molecule has 0 N–H and O–H groups in total. The van der Waals surface area contributed by atoms with Crippen molar-refractivity contribution in [2.45, 2.75) is 219 Å². The van der Waals surface area contributed by atoms with Crippen molar-refractivity contribution in [3.05, 3.63) is 0 Å². The van der Waals surface area contributed by atoms with Crippen LogP contribution in [0.4, 0.5) is 0 Å². The van der Waals surface area contributed by atoms with Crippen LogP contribution in [0.1, 0.15) is 0 Å². The molecule has 0 aliphatic carbocycles. The van der Waals surface area contributed by atoms with Gasteiger partial charge in [0, 0.05) is 0 Å². The first kappa shape index (κ1) is 52.4. The van der Waals surface area contributed by atoms with Gasteiger partial charge in [-0.05, 0) is 157 Å². The van der Waals surface area contributed by atoms with Gasteiger partial charge in [-0.15, -0.1) is 0 Å². The first-order valence-electron chi connectivity index (χ1n) is 20.5. The number of rotatable bonds is 20. The normalized spacial score (nSPS) is 31.2. The third-order valence-electron chi connectivity index (χ3n) is 7.75. The van der Waals surface area contributed by atoms with Gasteiger partial charge in [-0.3, -0.25) is 0 Å². The molecular formula is C36H86O11Si8. The third-order valence-corrected chi connectivity index (χ3v) is 15.7. The van der Waals surface area contributed by atoms with Crippen molar-refractivity contribution >= 4 is 66.5 Å². The van der Waals surface area contributed by atoms with Gasteiger partial charge in [0.25, 0.3) is 0 Å². The Hall–Kier alpha value is 1.30. The average molecular weight is 920 g/mol. The Morgan fingerprint density at radius 3 is 0.909 bits per heavy atom. The SMILES string of the molecule is C[Si](C)(C)OCC1O[C@@H](O[Si](C)(C)C)C(O[Si](C)(C)C)[C@H](O[Si](C)(C)C)[C@@H]1O[C@H]1OC(CO[Si](C)(C)C)[C@@H](O[Si](C)(C)C)[C@@H](O[Si](C)(C)C)C1O[Si](C)(C)C. The Morgan fingerprint density at radius 2 is 0.564 bits per heavy atom. The summed E-state index contributed by atoms with van der Waals surface area (Å²) in [4.78, 5) is 0. The van der Waals surface area contributed by atoms with E-state index in [4.69, 9.17) is 49.6 Å². The van der Waals surface area contributed by atoms with E-state index in [-0.39, 0.29) is 0 Å². The van der Waals surface area contributed by atoms with Gasteiger partial charge in [-0.1, -0.05) is 0 Å². The lowest BCUT2D eigenvalue weighted by Gasteiger charge is -2.54. The van der Waals surface area contributed by atoms with Crippen molar-refractivity contribution in [3.63, 3.8) is 0 Å². The molecule has 328 valence electrons. The van der Waals surface area contributed by atoms with E-state index in [1.165, 1.54) is 0 Å². The summed E-state index contributed by atoms with van der Waals surface area (Å²) in [6, 6.07) is 0. The molecule has 0 aromatic rings. The molecule has 0 spiro atoms. The fourth-order valence-corrected chi connectivity index (χ4v) is 13.9. The predicted molar refractivity (Wildman–Crippen MR) is 246 cm³/mol. The van der Waals surface area contributed by atoms with Gasteiger partial charge in [0.1, 0.15) is 48.8 Å². The second-order valence-electron chi connectivity index (χ2n) is 23.2. The summed E-state index contributed by atoms with van der Waals surface area (Å²) in [6.45, 7) is 53.5. The Bertz CT molecular complexity index is 1180. The van der Waals surface area contributed by atoms with Crippen LogP contribution in [0, 0.1) is 0 Å². The highest BCUT2D eigenvalue weighted by Gasteiger charge is 2.57. The first-order valence-corrected chi connectivity index (χ1v) is 47.8. The van der Waals surface area contributed by atoms with E-state index in [2.05, 4.69) is 157 Å². The maximum Gasteiger partial charge on any atom is 0.187 e. The summed E-state index contributed by atoms with van der Waals surface area (Å²) in [5, 5.41) is 0. The summed E-state index contributed by atoms with van der Waals surface area (Å²) in [5.74, 6) is 0. The molecule has 2 aliphatic rings. The van der Waals surface area contributed by atoms with Crippen LogP contribution in [0.5, 0.6) is 0 Å². The second kappa shape index (κ2) is 19.1. The highest BCUT2D eigenvalue weighted by molar-refractivity contribution is 6.72. The highest BCUT2D eigenvalue weighted by atomic mass is 28.4. The molecule has 0 saturated carbocycles. The minimum absolute atomic E-state index is 0.321. The number of hydrogen-bond donors (Lipinski definition) is 0. The summed E-state index contributed by atoms with van der Waals surface area (Å²) in [5.41, 5.74) is 0.